The Balaban J connectivity index is 2.48. The summed E-state index contributed by atoms with van der Waals surface area (Å²) in [5, 5.41) is 29.5. The second-order valence-corrected chi connectivity index (χ2v) is 11.6. The molecule has 0 saturated carbocycles. The summed E-state index contributed by atoms with van der Waals surface area (Å²) in [6.45, 7) is 13.6. The summed E-state index contributed by atoms with van der Waals surface area (Å²) in [7, 11) is 0. The van der Waals surface area contributed by atoms with Crippen molar-refractivity contribution in [3.8, 4) is 18.2 Å². The molecule has 0 aliphatic carbocycles. The Hall–Kier alpha value is -3.56. The largest absolute Gasteiger partial charge is 0.371 e. The van der Waals surface area contributed by atoms with Crippen LogP contribution in [0.1, 0.15) is 117 Å². The maximum atomic E-state index is 13.7. The van der Waals surface area contributed by atoms with Gasteiger partial charge >= 0.3 is 0 Å². The van der Waals surface area contributed by atoms with Gasteiger partial charge in [-0.2, -0.15) is 15.8 Å². The quantitative estimate of drug-likeness (QED) is 0.122. The van der Waals surface area contributed by atoms with Gasteiger partial charge in [0.25, 0.3) is 5.91 Å². The van der Waals surface area contributed by atoms with E-state index in [4.69, 9.17) is 0 Å². The van der Waals surface area contributed by atoms with Crippen LogP contribution < -0.4 is 4.90 Å². The summed E-state index contributed by atoms with van der Waals surface area (Å²) in [4.78, 5) is 17.7. The van der Waals surface area contributed by atoms with Gasteiger partial charge in [0.15, 0.2) is 5.57 Å². The molecule has 0 aromatic heterocycles. The van der Waals surface area contributed by atoms with Crippen molar-refractivity contribution < 1.29 is 4.79 Å². The highest BCUT2D eigenvalue weighted by molar-refractivity contribution is 6.25. The summed E-state index contributed by atoms with van der Waals surface area (Å²) < 4.78 is 0. The van der Waals surface area contributed by atoms with Crippen LogP contribution in [0.15, 0.2) is 41.1 Å². The first-order valence-corrected chi connectivity index (χ1v) is 16.3. The van der Waals surface area contributed by atoms with Crippen LogP contribution in [0.5, 0.6) is 0 Å². The zero-order chi connectivity index (χ0) is 30.9. The first-order valence-electron chi connectivity index (χ1n) is 16.3. The maximum Gasteiger partial charge on any atom is 0.260 e. The second-order valence-electron chi connectivity index (χ2n) is 11.6. The summed E-state index contributed by atoms with van der Waals surface area (Å²) in [6, 6.07) is 14.0. The van der Waals surface area contributed by atoms with E-state index in [9.17, 15) is 20.6 Å². The average Bonchev–Trinajstić information content (AvgIpc) is 3.29. The number of rotatable bonds is 19. The predicted molar refractivity (Wildman–Crippen MR) is 172 cm³/mol. The molecule has 1 amide bonds. The number of hydrogen-bond acceptors (Lipinski definition) is 5. The first kappa shape index (κ1) is 34.6. The highest BCUT2D eigenvalue weighted by Crippen LogP contribution is 2.38. The predicted octanol–water partition coefficient (Wildman–Crippen LogP) is 8.93. The van der Waals surface area contributed by atoms with E-state index < -0.39 is 0 Å². The molecule has 226 valence electrons. The van der Waals surface area contributed by atoms with Crippen molar-refractivity contribution in [2.75, 3.05) is 24.5 Å². The zero-order valence-electron chi connectivity index (χ0n) is 26.7. The molecule has 2 unspecified atom stereocenters. The molecule has 1 aromatic carbocycles. The molecule has 1 heterocycles. The molecule has 2 atom stereocenters. The molecule has 2 rings (SSSR count). The third-order valence-corrected chi connectivity index (χ3v) is 8.59. The van der Waals surface area contributed by atoms with Crippen LogP contribution in [-0.4, -0.2) is 30.4 Å². The first-order chi connectivity index (χ1) is 20.4. The minimum atomic E-state index is -0.304. The van der Waals surface area contributed by atoms with E-state index >= 15 is 0 Å². The van der Waals surface area contributed by atoms with Gasteiger partial charge in [-0.05, 0) is 48.8 Å². The smallest absolute Gasteiger partial charge is 0.260 e. The second kappa shape index (κ2) is 18.8. The SMILES string of the molecule is CCCCCCN1C(=O)C(c2ccc(N(CC(CC)CCCC)CC(CC)CCCC)cc2)=C(C#N)C1=C(C#N)C#N. The number of anilines is 1. The van der Waals surface area contributed by atoms with Gasteiger partial charge in [-0.25, -0.2) is 0 Å². The van der Waals surface area contributed by atoms with E-state index in [0.29, 0.717) is 23.9 Å². The van der Waals surface area contributed by atoms with Crippen molar-refractivity contribution >= 4 is 17.2 Å². The number of nitriles is 3. The van der Waals surface area contributed by atoms with E-state index in [1.165, 1.54) is 43.4 Å². The number of carbonyl (C=O) groups excluding carboxylic acids is 1. The van der Waals surface area contributed by atoms with Crippen LogP contribution >= 0.6 is 0 Å². The van der Waals surface area contributed by atoms with Crippen molar-refractivity contribution in [1.29, 1.82) is 15.8 Å². The fourth-order valence-corrected chi connectivity index (χ4v) is 5.86. The van der Waals surface area contributed by atoms with E-state index in [2.05, 4.69) is 57.7 Å². The lowest BCUT2D eigenvalue weighted by Gasteiger charge is -2.32. The molecule has 42 heavy (non-hydrogen) atoms. The Morgan fingerprint density at radius 2 is 1.33 bits per heavy atom. The number of unbranched alkanes of at least 4 members (excludes halogenated alkanes) is 5. The van der Waals surface area contributed by atoms with E-state index in [1.54, 1.807) is 0 Å². The summed E-state index contributed by atoms with van der Waals surface area (Å²) >= 11 is 0. The molecule has 1 aromatic rings. The van der Waals surface area contributed by atoms with E-state index in [0.717, 1.165) is 57.3 Å². The Kier molecular flexibility index (Phi) is 15.5. The third-order valence-electron chi connectivity index (χ3n) is 8.59. The number of benzene rings is 1. The van der Waals surface area contributed by atoms with Gasteiger partial charge in [0.05, 0.1) is 16.8 Å². The van der Waals surface area contributed by atoms with Crippen molar-refractivity contribution in [3.63, 3.8) is 0 Å². The molecule has 1 aliphatic rings. The zero-order valence-corrected chi connectivity index (χ0v) is 26.7. The van der Waals surface area contributed by atoms with Crippen molar-refractivity contribution in [3.05, 3.63) is 46.7 Å². The Morgan fingerprint density at radius 1 is 0.786 bits per heavy atom. The molecule has 1 aliphatic heterocycles. The third kappa shape index (κ3) is 9.22. The van der Waals surface area contributed by atoms with Crippen LogP contribution in [0, 0.1) is 45.8 Å². The van der Waals surface area contributed by atoms with Gasteiger partial charge in [-0.3, -0.25) is 4.79 Å². The summed E-state index contributed by atoms with van der Waals surface area (Å²) in [5.74, 6) is 0.950. The van der Waals surface area contributed by atoms with Crippen LogP contribution in [-0.2, 0) is 4.79 Å². The molecular formula is C36H51N5O. The van der Waals surface area contributed by atoms with Gasteiger partial charge in [0, 0.05) is 25.3 Å². The number of carbonyl (C=O) groups is 1. The van der Waals surface area contributed by atoms with Crippen LogP contribution in [0.3, 0.4) is 0 Å². The van der Waals surface area contributed by atoms with Crippen molar-refractivity contribution in [2.24, 2.45) is 11.8 Å². The fourth-order valence-electron chi connectivity index (χ4n) is 5.86. The Bertz CT molecular complexity index is 1160. The van der Waals surface area contributed by atoms with Crippen molar-refractivity contribution in [2.45, 2.75) is 112 Å². The average molecular weight is 570 g/mol. The van der Waals surface area contributed by atoms with Crippen LogP contribution in [0.2, 0.25) is 0 Å². The topological polar surface area (TPSA) is 94.9 Å². The minimum absolute atomic E-state index is 0.120. The fraction of sp³-hybridized carbons (Fsp3) is 0.611. The lowest BCUT2D eigenvalue weighted by Crippen LogP contribution is -2.34. The Morgan fingerprint density at radius 3 is 1.79 bits per heavy atom. The van der Waals surface area contributed by atoms with Gasteiger partial charge in [0.1, 0.15) is 18.2 Å². The standard InChI is InChI=1S/C36H51N5O/c1-6-11-14-15-22-41-35(31(23-37)24-38)33(25-39)34(36(41)42)30-18-20-32(21-19-30)40(26-28(9-4)16-12-7-2)27-29(10-5)17-13-8-3/h18-21,28-29H,6-17,22,26-27H2,1-5H3. The normalized spacial score (nSPS) is 14.4. The Labute approximate surface area is 255 Å². The maximum absolute atomic E-state index is 13.7. The summed E-state index contributed by atoms with van der Waals surface area (Å²) in [5.41, 5.74) is 2.16. The molecular weight excluding hydrogens is 518 g/mol. The number of nitrogens with zero attached hydrogens (tertiary/aromatic N) is 5. The highest BCUT2D eigenvalue weighted by Gasteiger charge is 2.38. The molecule has 6 nitrogen and oxygen atoms in total. The highest BCUT2D eigenvalue weighted by atomic mass is 16.2. The van der Waals surface area contributed by atoms with Crippen LogP contribution in [0.4, 0.5) is 5.69 Å². The van der Waals surface area contributed by atoms with Gasteiger partial charge < -0.3 is 9.80 Å². The lowest BCUT2D eigenvalue weighted by molar-refractivity contribution is -0.122. The molecule has 0 N–H and O–H groups in total. The van der Waals surface area contributed by atoms with E-state index in [1.807, 2.05) is 24.3 Å². The molecule has 0 saturated heterocycles. The monoisotopic (exact) mass is 569 g/mol. The number of hydrogen-bond donors (Lipinski definition) is 0. The van der Waals surface area contributed by atoms with Crippen molar-refractivity contribution in [1.82, 2.24) is 4.90 Å². The van der Waals surface area contributed by atoms with Crippen LogP contribution in [0.25, 0.3) is 5.57 Å². The van der Waals surface area contributed by atoms with E-state index in [-0.39, 0.29) is 28.3 Å². The van der Waals surface area contributed by atoms with Gasteiger partial charge in [0.2, 0.25) is 0 Å². The molecule has 0 radical (unpaired) electrons. The summed E-state index contributed by atoms with van der Waals surface area (Å²) in [6.07, 6.45) is 13.4. The number of allylic oxidation sites excluding steroid dienone is 2. The molecule has 0 spiro atoms. The lowest BCUT2D eigenvalue weighted by atomic mass is 9.95. The number of amides is 1. The van der Waals surface area contributed by atoms with Gasteiger partial charge in [-0.15, -0.1) is 0 Å². The molecule has 6 heteroatoms. The van der Waals surface area contributed by atoms with Gasteiger partial charge in [-0.1, -0.05) is 105 Å². The minimum Gasteiger partial charge on any atom is -0.371 e. The molecule has 0 fully saturated rings. The molecule has 0 bridgehead atoms.